The summed E-state index contributed by atoms with van der Waals surface area (Å²) in [6, 6.07) is 15.2. The largest absolute Gasteiger partial charge is 0.347 e. The van der Waals surface area contributed by atoms with Gasteiger partial charge in [0, 0.05) is 0 Å². The van der Waals surface area contributed by atoms with E-state index in [-0.39, 0.29) is 18.3 Å². The molecule has 1 amide bonds. The van der Waals surface area contributed by atoms with Crippen LogP contribution in [0.4, 0.5) is 4.39 Å². The zero-order chi connectivity index (χ0) is 19.2. The van der Waals surface area contributed by atoms with Crippen LogP contribution in [-0.4, -0.2) is 35.0 Å². The van der Waals surface area contributed by atoms with Gasteiger partial charge in [-0.05, 0) is 37.4 Å². The van der Waals surface area contributed by atoms with Crippen molar-refractivity contribution < 1.29 is 13.7 Å². The van der Waals surface area contributed by atoms with Crippen LogP contribution in [0.25, 0.3) is 0 Å². The molecule has 1 N–H and O–H groups in total. The van der Waals surface area contributed by atoms with Crippen molar-refractivity contribution in [3.05, 3.63) is 83.3 Å². The SMILES string of the molecule is CN(C)C(C(=O)NCc1noc(Cc2ccccc2)n1)c1ccc(F)cc1. The van der Waals surface area contributed by atoms with Gasteiger partial charge in [0.15, 0.2) is 5.82 Å². The van der Waals surface area contributed by atoms with Gasteiger partial charge in [0.1, 0.15) is 11.9 Å². The molecule has 0 spiro atoms. The van der Waals surface area contributed by atoms with E-state index < -0.39 is 6.04 Å². The Morgan fingerprint density at radius 3 is 2.52 bits per heavy atom. The summed E-state index contributed by atoms with van der Waals surface area (Å²) in [4.78, 5) is 18.7. The molecule has 6 nitrogen and oxygen atoms in total. The first-order chi connectivity index (χ1) is 13.0. The highest BCUT2D eigenvalue weighted by molar-refractivity contribution is 5.83. The van der Waals surface area contributed by atoms with Crippen LogP contribution in [0.5, 0.6) is 0 Å². The highest BCUT2D eigenvalue weighted by atomic mass is 19.1. The second-order valence-corrected chi connectivity index (χ2v) is 6.40. The standard InChI is InChI=1S/C20H21FN4O2/c1-25(2)19(15-8-10-16(21)11-9-15)20(26)22-13-17-23-18(27-24-17)12-14-6-4-3-5-7-14/h3-11,19H,12-13H2,1-2H3,(H,22,26). The Balaban J connectivity index is 1.61. The molecular weight excluding hydrogens is 347 g/mol. The zero-order valence-electron chi connectivity index (χ0n) is 15.2. The normalized spacial score (nSPS) is 12.1. The average Bonchev–Trinajstić information content (AvgIpc) is 3.10. The van der Waals surface area contributed by atoms with E-state index in [0.29, 0.717) is 23.7 Å². The highest BCUT2D eigenvalue weighted by Crippen LogP contribution is 2.19. The lowest BCUT2D eigenvalue weighted by atomic mass is 10.1. The maximum atomic E-state index is 13.1. The van der Waals surface area contributed by atoms with Gasteiger partial charge < -0.3 is 9.84 Å². The Bertz CT molecular complexity index is 879. The van der Waals surface area contributed by atoms with E-state index in [4.69, 9.17) is 4.52 Å². The van der Waals surface area contributed by atoms with Crippen LogP contribution < -0.4 is 5.32 Å². The van der Waals surface area contributed by atoms with Crippen LogP contribution in [0.15, 0.2) is 59.1 Å². The van der Waals surface area contributed by atoms with Crippen molar-refractivity contribution in [1.82, 2.24) is 20.4 Å². The Kier molecular flexibility index (Phi) is 5.93. The number of carbonyl (C=O) groups excluding carboxylic acids is 1. The number of hydrogen-bond donors (Lipinski definition) is 1. The minimum atomic E-state index is -0.540. The van der Waals surface area contributed by atoms with Crippen molar-refractivity contribution in [1.29, 1.82) is 0 Å². The first kappa shape index (κ1) is 18.7. The number of halogens is 1. The van der Waals surface area contributed by atoms with Gasteiger partial charge in [-0.25, -0.2) is 4.39 Å². The number of hydrogen-bond acceptors (Lipinski definition) is 5. The molecule has 0 bridgehead atoms. The molecule has 0 radical (unpaired) electrons. The third-order valence-electron chi connectivity index (χ3n) is 4.08. The Hall–Kier alpha value is -3.06. The van der Waals surface area contributed by atoms with Gasteiger partial charge in [-0.2, -0.15) is 4.98 Å². The number of carbonyl (C=O) groups is 1. The van der Waals surface area contributed by atoms with Crippen molar-refractivity contribution in [2.75, 3.05) is 14.1 Å². The van der Waals surface area contributed by atoms with Crippen molar-refractivity contribution in [3.63, 3.8) is 0 Å². The number of nitrogens with one attached hydrogen (secondary N) is 1. The van der Waals surface area contributed by atoms with Crippen molar-refractivity contribution >= 4 is 5.91 Å². The molecule has 2 aromatic carbocycles. The lowest BCUT2D eigenvalue weighted by Gasteiger charge is -2.23. The molecule has 0 saturated heterocycles. The average molecular weight is 368 g/mol. The molecule has 1 aromatic heterocycles. The Morgan fingerprint density at radius 1 is 1.15 bits per heavy atom. The molecule has 1 unspecified atom stereocenters. The van der Waals surface area contributed by atoms with E-state index in [1.165, 1.54) is 12.1 Å². The second-order valence-electron chi connectivity index (χ2n) is 6.40. The molecule has 1 heterocycles. The highest BCUT2D eigenvalue weighted by Gasteiger charge is 2.23. The fourth-order valence-electron chi connectivity index (χ4n) is 2.80. The lowest BCUT2D eigenvalue weighted by Crippen LogP contribution is -2.36. The summed E-state index contributed by atoms with van der Waals surface area (Å²) in [5, 5.41) is 6.72. The van der Waals surface area contributed by atoms with E-state index in [1.54, 1.807) is 31.1 Å². The lowest BCUT2D eigenvalue weighted by molar-refractivity contribution is -0.126. The van der Waals surface area contributed by atoms with Gasteiger partial charge in [-0.3, -0.25) is 9.69 Å². The fourth-order valence-corrected chi connectivity index (χ4v) is 2.80. The monoisotopic (exact) mass is 368 g/mol. The van der Waals surface area contributed by atoms with Crippen LogP contribution in [-0.2, 0) is 17.8 Å². The van der Waals surface area contributed by atoms with Crippen LogP contribution in [0.3, 0.4) is 0 Å². The second kappa shape index (κ2) is 8.55. The molecular formula is C20H21FN4O2. The molecule has 27 heavy (non-hydrogen) atoms. The maximum Gasteiger partial charge on any atom is 0.242 e. The summed E-state index contributed by atoms with van der Waals surface area (Å²) in [6.45, 7) is 0.155. The molecule has 140 valence electrons. The summed E-state index contributed by atoms with van der Waals surface area (Å²) in [7, 11) is 3.58. The molecule has 0 saturated carbocycles. The van der Waals surface area contributed by atoms with E-state index in [2.05, 4.69) is 15.5 Å². The predicted molar refractivity (Wildman–Crippen MR) is 98.2 cm³/mol. The van der Waals surface area contributed by atoms with Crippen molar-refractivity contribution in [2.45, 2.75) is 19.0 Å². The molecule has 0 aliphatic heterocycles. The number of nitrogens with zero attached hydrogens (tertiary/aromatic N) is 3. The van der Waals surface area contributed by atoms with Gasteiger partial charge in [-0.15, -0.1) is 0 Å². The third kappa shape index (κ3) is 4.98. The van der Waals surface area contributed by atoms with Gasteiger partial charge >= 0.3 is 0 Å². The topological polar surface area (TPSA) is 71.3 Å². The zero-order valence-corrected chi connectivity index (χ0v) is 15.2. The van der Waals surface area contributed by atoms with Gasteiger partial charge in [0.25, 0.3) is 0 Å². The molecule has 0 aliphatic rings. The molecule has 0 fully saturated rings. The quantitative estimate of drug-likeness (QED) is 0.694. The van der Waals surface area contributed by atoms with Crippen molar-refractivity contribution in [2.24, 2.45) is 0 Å². The molecule has 3 aromatic rings. The van der Waals surface area contributed by atoms with E-state index in [0.717, 1.165) is 5.56 Å². The summed E-state index contributed by atoms with van der Waals surface area (Å²) in [5.41, 5.74) is 1.78. The van der Waals surface area contributed by atoms with Crippen LogP contribution >= 0.6 is 0 Å². The van der Waals surface area contributed by atoms with Gasteiger partial charge in [0.2, 0.25) is 11.8 Å². The minimum absolute atomic E-state index is 0.155. The third-order valence-corrected chi connectivity index (χ3v) is 4.08. The summed E-state index contributed by atoms with van der Waals surface area (Å²) < 4.78 is 18.4. The molecule has 1 atom stereocenters. The van der Waals surface area contributed by atoms with E-state index >= 15 is 0 Å². The van der Waals surface area contributed by atoms with E-state index in [9.17, 15) is 9.18 Å². The fraction of sp³-hybridized carbons (Fsp3) is 0.250. The van der Waals surface area contributed by atoms with Crippen LogP contribution in [0.1, 0.15) is 28.9 Å². The Morgan fingerprint density at radius 2 is 1.85 bits per heavy atom. The number of amides is 1. The van der Waals surface area contributed by atoms with Crippen molar-refractivity contribution in [3.8, 4) is 0 Å². The minimum Gasteiger partial charge on any atom is -0.347 e. The van der Waals surface area contributed by atoms with Gasteiger partial charge in [-0.1, -0.05) is 47.6 Å². The smallest absolute Gasteiger partial charge is 0.242 e. The number of likely N-dealkylation sites (N-methyl/N-ethyl adjacent to an activating group) is 1. The first-order valence-corrected chi connectivity index (χ1v) is 8.58. The number of aromatic nitrogens is 2. The Labute approximate surface area is 157 Å². The molecule has 3 rings (SSSR count). The maximum absolute atomic E-state index is 13.1. The van der Waals surface area contributed by atoms with Crippen LogP contribution in [0.2, 0.25) is 0 Å². The predicted octanol–water partition coefficient (Wildman–Crippen LogP) is 2.72. The summed E-state index contributed by atoms with van der Waals surface area (Å²) in [5.74, 6) is 0.342. The van der Waals surface area contributed by atoms with Gasteiger partial charge in [0.05, 0.1) is 13.0 Å². The summed E-state index contributed by atoms with van der Waals surface area (Å²) >= 11 is 0. The van der Waals surface area contributed by atoms with Crippen LogP contribution in [0, 0.1) is 5.82 Å². The molecule has 7 heteroatoms. The molecule has 0 aliphatic carbocycles. The number of rotatable bonds is 7. The summed E-state index contributed by atoms with van der Waals surface area (Å²) in [6.07, 6.45) is 0.539. The first-order valence-electron chi connectivity index (χ1n) is 8.58. The number of benzene rings is 2. The van der Waals surface area contributed by atoms with E-state index in [1.807, 2.05) is 30.3 Å².